The highest BCUT2D eigenvalue weighted by molar-refractivity contribution is 6.19. The standard InChI is InChI=1S/C53H33N5/c1-3-16-35(17-4-1)51-54-52(37-30-29-34-15-7-8-18-36(34)33-37)56-53(55-51)44-31-32-47-49-41(23-13-24-42(44)49)43-25-14-28-48(50(43)57(47)38-19-5-2-6-20-38)58-45-26-11-9-21-39(45)40-22-10-12-27-46(40)58/h1-33H. The van der Waals surface area contributed by atoms with Crippen LogP contribution in [0.15, 0.2) is 200 Å². The van der Waals surface area contributed by atoms with Crippen LogP contribution in [-0.2, 0) is 0 Å². The molecule has 11 aromatic rings. The zero-order valence-electron chi connectivity index (χ0n) is 31.3. The molecule has 0 bridgehead atoms. The van der Waals surface area contributed by atoms with E-state index in [-0.39, 0.29) is 0 Å². The van der Waals surface area contributed by atoms with Gasteiger partial charge in [0.05, 0.1) is 28.1 Å². The molecule has 0 radical (unpaired) electrons. The van der Waals surface area contributed by atoms with Crippen LogP contribution in [0.5, 0.6) is 0 Å². The van der Waals surface area contributed by atoms with Crippen LogP contribution in [0.1, 0.15) is 0 Å². The third-order valence-corrected chi connectivity index (χ3v) is 11.5. The van der Waals surface area contributed by atoms with E-state index in [2.05, 4.69) is 191 Å². The minimum Gasteiger partial charge on any atom is -0.307 e. The first-order chi connectivity index (χ1) is 28.8. The number of anilines is 3. The lowest BCUT2D eigenvalue weighted by molar-refractivity contribution is 1.08. The molecule has 0 aliphatic carbocycles. The molecule has 3 heterocycles. The number of nitrogens with zero attached hydrogens (tertiary/aromatic N) is 5. The molecule has 0 amide bonds. The number of para-hydroxylation sites is 4. The summed E-state index contributed by atoms with van der Waals surface area (Å²) < 4.78 is 2.43. The Hall–Kier alpha value is -7.89. The fourth-order valence-electron chi connectivity index (χ4n) is 8.98. The molecule has 9 aromatic carbocycles. The summed E-state index contributed by atoms with van der Waals surface area (Å²) in [5.41, 5.74) is 12.0. The number of hydrogen-bond donors (Lipinski definition) is 0. The maximum atomic E-state index is 5.25. The van der Waals surface area contributed by atoms with Crippen molar-refractivity contribution in [1.82, 2.24) is 19.5 Å². The Morgan fingerprint density at radius 1 is 0.345 bits per heavy atom. The van der Waals surface area contributed by atoms with Gasteiger partial charge in [0.1, 0.15) is 0 Å². The van der Waals surface area contributed by atoms with Gasteiger partial charge in [-0.3, -0.25) is 0 Å². The summed E-state index contributed by atoms with van der Waals surface area (Å²) >= 11 is 0. The van der Waals surface area contributed by atoms with Gasteiger partial charge in [0.2, 0.25) is 0 Å². The molecule has 0 saturated carbocycles. The minimum atomic E-state index is 0.636. The first-order valence-electron chi connectivity index (χ1n) is 19.6. The van der Waals surface area contributed by atoms with Crippen LogP contribution in [0.2, 0.25) is 0 Å². The lowest BCUT2D eigenvalue weighted by atomic mass is 9.88. The molecule has 1 aliphatic heterocycles. The van der Waals surface area contributed by atoms with E-state index in [4.69, 9.17) is 15.0 Å². The van der Waals surface area contributed by atoms with Crippen molar-refractivity contribution < 1.29 is 0 Å². The fourth-order valence-corrected chi connectivity index (χ4v) is 8.98. The molecular formula is C53H33N5. The minimum absolute atomic E-state index is 0.636. The summed E-state index contributed by atoms with van der Waals surface area (Å²) in [4.78, 5) is 18.0. The summed E-state index contributed by atoms with van der Waals surface area (Å²) in [5, 5.41) is 7.03. The largest absolute Gasteiger partial charge is 0.307 e. The van der Waals surface area contributed by atoms with E-state index >= 15 is 0 Å². The van der Waals surface area contributed by atoms with Gasteiger partial charge in [-0.1, -0.05) is 152 Å². The number of hydrogen-bond acceptors (Lipinski definition) is 4. The van der Waals surface area contributed by atoms with Gasteiger partial charge < -0.3 is 9.47 Å². The fraction of sp³-hybridized carbons (Fsp3) is 0. The zero-order chi connectivity index (χ0) is 38.2. The number of benzene rings is 9. The number of fused-ring (bicyclic) bond motifs is 6. The van der Waals surface area contributed by atoms with Gasteiger partial charge in [-0.05, 0) is 70.3 Å². The van der Waals surface area contributed by atoms with Gasteiger partial charge in [0, 0.05) is 44.1 Å². The average Bonchev–Trinajstić information content (AvgIpc) is 3.63. The van der Waals surface area contributed by atoms with E-state index in [1.165, 1.54) is 32.8 Å². The topological polar surface area (TPSA) is 46.8 Å². The van der Waals surface area contributed by atoms with Crippen molar-refractivity contribution >= 4 is 60.4 Å². The van der Waals surface area contributed by atoms with E-state index < -0.39 is 0 Å². The van der Waals surface area contributed by atoms with E-state index in [0.717, 1.165) is 61.2 Å². The maximum Gasteiger partial charge on any atom is 0.164 e. The third-order valence-electron chi connectivity index (χ3n) is 11.5. The molecule has 0 saturated heterocycles. The van der Waals surface area contributed by atoms with E-state index in [1.807, 2.05) is 18.2 Å². The van der Waals surface area contributed by atoms with Crippen molar-refractivity contribution in [3.8, 4) is 51.0 Å². The van der Waals surface area contributed by atoms with E-state index in [0.29, 0.717) is 17.5 Å². The van der Waals surface area contributed by atoms with Gasteiger partial charge in [-0.2, -0.15) is 0 Å². The molecular weight excluding hydrogens is 707 g/mol. The van der Waals surface area contributed by atoms with Gasteiger partial charge in [-0.25, -0.2) is 15.0 Å². The Kier molecular flexibility index (Phi) is 7.16. The molecule has 1 aliphatic rings. The maximum absolute atomic E-state index is 5.25. The van der Waals surface area contributed by atoms with Crippen LogP contribution in [0, 0.1) is 0 Å². The summed E-state index contributed by atoms with van der Waals surface area (Å²) in [7, 11) is 0. The molecule has 0 fully saturated rings. The first kappa shape index (κ1) is 32.4. The average molecular weight is 740 g/mol. The van der Waals surface area contributed by atoms with E-state index in [9.17, 15) is 0 Å². The lowest BCUT2D eigenvalue weighted by Crippen LogP contribution is -2.18. The molecule has 2 aromatic heterocycles. The second-order valence-corrected chi connectivity index (χ2v) is 14.8. The molecule has 5 heteroatoms. The van der Waals surface area contributed by atoms with Crippen molar-refractivity contribution in [2.45, 2.75) is 0 Å². The van der Waals surface area contributed by atoms with Gasteiger partial charge >= 0.3 is 0 Å². The van der Waals surface area contributed by atoms with Crippen LogP contribution >= 0.6 is 0 Å². The second kappa shape index (κ2) is 12.8. The van der Waals surface area contributed by atoms with Crippen LogP contribution in [0.4, 0.5) is 17.1 Å². The predicted molar refractivity (Wildman–Crippen MR) is 239 cm³/mol. The SMILES string of the molecule is c1ccc(-c2nc(-c3ccc4ccccc4c3)nc(-c3ccc4c5c(cccc35)-c3cccc(-n5c6ccccc6c6ccccc65)c3N4c3ccccc3)n2)cc1. The molecule has 58 heavy (non-hydrogen) atoms. The molecule has 270 valence electrons. The highest BCUT2D eigenvalue weighted by Gasteiger charge is 2.31. The summed E-state index contributed by atoms with van der Waals surface area (Å²) in [6.45, 7) is 0. The van der Waals surface area contributed by atoms with Gasteiger partial charge in [-0.15, -0.1) is 0 Å². The molecule has 0 atom stereocenters. The molecule has 12 rings (SSSR count). The van der Waals surface area contributed by atoms with E-state index in [1.54, 1.807) is 0 Å². The highest BCUT2D eigenvalue weighted by atomic mass is 15.2. The molecule has 0 spiro atoms. The Balaban J connectivity index is 1.13. The quantitative estimate of drug-likeness (QED) is 0.176. The van der Waals surface area contributed by atoms with Crippen LogP contribution in [0.3, 0.4) is 0 Å². The van der Waals surface area contributed by atoms with Gasteiger partial charge in [0.15, 0.2) is 17.5 Å². The zero-order valence-corrected chi connectivity index (χ0v) is 31.3. The Morgan fingerprint density at radius 2 is 0.948 bits per heavy atom. The lowest BCUT2D eigenvalue weighted by Gasteiger charge is -2.35. The summed E-state index contributed by atoms with van der Waals surface area (Å²) in [5.74, 6) is 1.92. The Bertz CT molecular complexity index is 3350. The highest BCUT2D eigenvalue weighted by Crippen LogP contribution is 2.55. The predicted octanol–water partition coefficient (Wildman–Crippen LogP) is 13.7. The number of rotatable bonds is 5. The molecule has 5 nitrogen and oxygen atoms in total. The van der Waals surface area contributed by atoms with Crippen molar-refractivity contribution in [2.75, 3.05) is 4.90 Å². The van der Waals surface area contributed by atoms with Crippen molar-refractivity contribution in [2.24, 2.45) is 0 Å². The second-order valence-electron chi connectivity index (χ2n) is 14.8. The van der Waals surface area contributed by atoms with Crippen molar-refractivity contribution in [3.05, 3.63) is 200 Å². The van der Waals surface area contributed by atoms with Gasteiger partial charge in [0.25, 0.3) is 0 Å². The third kappa shape index (κ3) is 4.93. The molecule has 0 unspecified atom stereocenters. The van der Waals surface area contributed by atoms with Crippen LogP contribution < -0.4 is 4.90 Å². The summed E-state index contributed by atoms with van der Waals surface area (Å²) in [6.07, 6.45) is 0. The Morgan fingerprint density at radius 3 is 1.72 bits per heavy atom. The van der Waals surface area contributed by atoms with Crippen LogP contribution in [0.25, 0.3) is 94.3 Å². The van der Waals surface area contributed by atoms with Crippen molar-refractivity contribution in [1.29, 1.82) is 0 Å². The number of aromatic nitrogens is 4. The van der Waals surface area contributed by atoms with Crippen LogP contribution in [-0.4, -0.2) is 19.5 Å². The molecule has 0 N–H and O–H groups in total. The smallest absolute Gasteiger partial charge is 0.164 e. The first-order valence-corrected chi connectivity index (χ1v) is 19.6. The monoisotopic (exact) mass is 739 g/mol. The summed E-state index contributed by atoms with van der Waals surface area (Å²) in [6, 6.07) is 71.0. The Labute approximate surface area is 334 Å². The normalized spacial score (nSPS) is 12.1. The van der Waals surface area contributed by atoms with Crippen molar-refractivity contribution in [3.63, 3.8) is 0 Å².